The van der Waals surface area contributed by atoms with Gasteiger partial charge in [0.1, 0.15) is 5.75 Å². The molecule has 1 aliphatic heterocycles. The maximum absolute atomic E-state index is 14.2. The summed E-state index contributed by atoms with van der Waals surface area (Å²) in [5.41, 5.74) is 3.28. The van der Waals surface area contributed by atoms with Gasteiger partial charge in [-0.05, 0) is 71.0 Å². The van der Waals surface area contributed by atoms with Gasteiger partial charge in [-0.3, -0.25) is 14.4 Å². The van der Waals surface area contributed by atoms with E-state index in [1.54, 1.807) is 59.5 Å². The average Bonchev–Trinajstić information content (AvgIpc) is 3.36. The summed E-state index contributed by atoms with van der Waals surface area (Å²) < 4.78 is 42.3. The Balaban J connectivity index is 1.61. The Bertz CT molecular complexity index is 1430. The molecule has 2 unspecified atom stereocenters. The highest BCUT2D eigenvalue weighted by molar-refractivity contribution is 6.30. The second-order valence-electron chi connectivity index (χ2n) is 10.1. The van der Waals surface area contributed by atoms with Crippen LogP contribution in [0.15, 0.2) is 66.7 Å². The fourth-order valence-electron chi connectivity index (χ4n) is 5.24. The second-order valence-corrected chi connectivity index (χ2v) is 10.6. The summed E-state index contributed by atoms with van der Waals surface area (Å²) in [6, 6.07) is 18.0. The van der Waals surface area contributed by atoms with Gasteiger partial charge < -0.3 is 20.1 Å². The zero-order chi connectivity index (χ0) is 30.4. The van der Waals surface area contributed by atoms with Gasteiger partial charge in [0.25, 0.3) is 5.91 Å². The van der Waals surface area contributed by atoms with E-state index < -0.39 is 24.2 Å². The molecule has 42 heavy (non-hydrogen) atoms. The summed E-state index contributed by atoms with van der Waals surface area (Å²) >= 11 is 6.15. The normalized spacial score (nSPS) is 14.2. The van der Waals surface area contributed by atoms with Crippen molar-refractivity contribution in [2.45, 2.75) is 57.5 Å². The van der Waals surface area contributed by atoms with Crippen molar-refractivity contribution >= 4 is 29.4 Å². The molecule has 0 fully saturated rings. The van der Waals surface area contributed by atoms with Gasteiger partial charge in [-0.2, -0.15) is 0 Å². The minimum atomic E-state index is -4.82. The van der Waals surface area contributed by atoms with Crippen LogP contribution in [0.25, 0.3) is 0 Å². The Morgan fingerprint density at radius 1 is 0.976 bits per heavy atom. The van der Waals surface area contributed by atoms with E-state index in [-0.39, 0.29) is 43.6 Å². The van der Waals surface area contributed by atoms with Crippen LogP contribution in [0, 0.1) is 0 Å². The Morgan fingerprint density at radius 3 is 2.24 bits per heavy atom. The van der Waals surface area contributed by atoms with E-state index in [9.17, 15) is 27.6 Å². The number of nitrogens with one attached hydrogen (secondary N) is 1. The Hall–Kier alpha value is -4.05. The smallest absolute Gasteiger partial charge is 0.481 e. The van der Waals surface area contributed by atoms with Crippen LogP contribution in [-0.2, 0) is 22.7 Å². The zero-order valence-electron chi connectivity index (χ0n) is 22.8. The van der Waals surface area contributed by atoms with Gasteiger partial charge in [0.15, 0.2) is 0 Å². The Kier molecular flexibility index (Phi) is 9.78. The van der Waals surface area contributed by atoms with Gasteiger partial charge >= 0.3 is 12.3 Å². The van der Waals surface area contributed by atoms with Crippen LogP contribution < -0.4 is 10.1 Å². The first kappa shape index (κ1) is 30.9. The molecule has 0 saturated carbocycles. The summed E-state index contributed by atoms with van der Waals surface area (Å²) in [6.07, 6.45) is -3.60. The minimum absolute atomic E-state index is 0.00354. The van der Waals surface area contributed by atoms with Crippen LogP contribution in [0.2, 0.25) is 5.02 Å². The van der Waals surface area contributed by atoms with Crippen LogP contribution in [0.1, 0.15) is 70.6 Å². The number of benzene rings is 3. The third-order valence-corrected chi connectivity index (χ3v) is 7.42. The number of amides is 2. The lowest BCUT2D eigenvalue weighted by atomic mass is 9.77. The van der Waals surface area contributed by atoms with Gasteiger partial charge in [0.05, 0.1) is 12.3 Å². The number of fused-ring (bicyclic) bond motifs is 1. The van der Waals surface area contributed by atoms with Crippen LogP contribution in [0.3, 0.4) is 0 Å². The maximum atomic E-state index is 14.2. The van der Waals surface area contributed by atoms with Crippen LogP contribution in [-0.4, -0.2) is 40.7 Å². The fourth-order valence-corrected chi connectivity index (χ4v) is 5.37. The monoisotopic (exact) mass is 602 g/mol. The molecule has 1 aliphatic rings. The van der Waals surface area contributed by atoms with Crippen LogP contribution in [0.4, 0.5) is 13.2 Å². The number of rotatable bonds is 11. The largest absolute Gasteiger partial charge is 0.573 e. The summed E-state index contributed by atoms with van der Waals surface area (Å²) in [5, 5.41) is 11.9. The minimum Gasteiger partial charge on any atom is -0.481 e. The molecular formula is C31H30ClF3N2O5. The highest BCUT2D eigenvalue weighted by Gasteiger charge is 2.37. The summed E-state index contributed by atoms with van der Waals surface area (Å²) in [5.74, 6) is -2.83. The molecule has 0 bridgehead atoms. The van der Waals surface area contributed by atoms with Crippen molar-refractivity contribution < 1.29 is 37.4 Å². The topological polar surface area (TPSA) is 95.9 Å². The number of carbonyl (C=O) groups is 3. The van der Waals surface area contributed by atoms with Crippen molar-refractivity contribution in [2.24, 2.45) is 0 Å². The lowest BCUT2D eigenvalue weighted by molar-refractivity contribution is -0.274. The van der Waals surface area contributed by atoms with Gasteiger partial charge in [0, 0.05) is 30.2 Å². The molecule has 4 rings (SSSR count). The molecule has 11 heteroatoms. The first-order chi connectivity index (χ1) is 19.9. The molecule has 3 aromatic carbocycles. The van der Waals surface area contributed by atoms with Crippen molar-refractivity contribution in [2.75, 3.05) is 6.54 Å². The third kappa shape index (κ3) is 7.82. The standard InChI is InChI=1S/C31H30ClF3N2O5/c1-2-3-26(19-4-6-21(7-5-19)29(40)36-15-14-27(38)39)28(20-8-11-24(32)12-9-20)30(41)37-17-22-10-13-25(16-23(22)18-37)42-31(33,34)35/h4-13,16,26,28H,2-3,14-15,17-18H2,1H3,(H,36,40)(H,38,39). The number of hydrogen-bond donors (Lipinski definition) is 2. The first-order valence-electron chi connectivity index (χ1n) is 13.5. The van der Waals surface area contributed by atoms with Crippen molar-refractivity contribution in [3.05, 3.63) is 99.6 Å². The molecule has 3 aromatic rings. The van der Waals surface area contributed by atoms with Crippen LogP contribution in [0.5, 0.6) is 5.75 Å². The molecule has 0 aromatic heterocycles. The zero-order valence-corrected chi connectivity index (χ0v) is 23.5. The molecule has 2 amide bonds. The highest BCUT2D eigenvalue weighted by Crippen LogP contribution is 2.40. The van der Waals surface area contributed by atoms with Crippen molar-refractivity contribution in [1.29, 1.82) is 0 Å². The van der Waals surface area contributed by atoms with Gasteiger partial charge in [0.2, 0.25) is 5.91 Å². The number of alkyl halides is 3. The highest BCUT2D eigenvalue weighted by atomic mass is 35.5. The number of hydrogen-bond acceptors (Lipinski definition) is 4. The Labute approximate surface area is 246 Å². The van der Waals surface area contributed by atoms with E-state index in [1.165, 1.54) is 12.1 Å². The van der Waals surface area contributed by atoms with E-state index in [4.69, 9.17) is 16.7 Å². The summed E-state index contributed by atoms with van der Waals surface area (Å²) in [7, 11) is 0. The lowest BCUT2D eigenvalue weighted by Crippen LogP contribution is -2.34. The van der Waals surface area contributed by atoms with Gasteiger partial charge in [-0.15, -0.1) is 13.2 Å². The predicted octanol–water partition coefficient (Wildman–Crippen LogP) is 6.65. The molecule has 0 aliphatic carbocycles. The molecule has 0 saturated heterocycles. The average molecular weight is 603 g/mol. The maximum Gasteiger partial charge on any atom is 0.573 e. The van der Waals surface area contributed by atoms with E-state index in [2.05, 4.69) is 10.1 Å². The van der Waals surface area contributed by atoms with E-state index >= 15 is 0 Å². The number of carboxylic acids is 1. The summed E-state index contributed by atoms with van der Waals surface area (Å²) in [4.78, 5) is 39.1. The molecule has 0 spiro atoms. The number of halogens is 4. The first-order valence-corrected chi connectivity index (χ1v) is 13.8. The van der Waals surface area contributed by atoms with E-state index in [1.807, 2.05) is 6.92 Å². The quantitative estimate of drug-likeness (QED) is 0.256. The molecule has 2 N–H and O–H groups in total. The number of aliphatic carboxylic acids is 1. The van der Waals surface area contributed by atoms with Crippen molar-refractivity contribution in [3.8, 4) is 5.75 Å². The molecule has 2 atom stereocenters. The lowest BCUT2D eigenvalue weighted by Gasteiger charge is -2.31. The van der Waals surface area contributed by atoms with E-state index in [0.717, 1.165) is 23.1 Å². The van der Waals surface area contributed by atoms with E-state index in [0.29, 0.717) is 22.6 Å². The second kappa shape index (κ2) is 13.3. The number of nitrogens with zero attached hydrogens (tertiary/aromatic N) is 1. The molecule has 0 radical (unpaired) electrons. The number of ether oxygens (including phenoxy) is 1. The third-order valence-electron chi connectivity index (χ3n) is 7.17. The molecular weight excluding hydrogens is 573 g/mol. The van der Waals surface area contributed by atoms with Crippen molar-refractivity contribution in [1.82, 2.24) is 10.2 Å². The predicted molar refractivity (Wildman–Crippen MR) is 150 cm³/mol. The van der Waals surface area contributed by atoms with Crippen molar-refractivity contribution in [3.63, 3.8) is 0 Å². The van der Waals surface area contributed by atoms with Crippen LogP contribution >= 0.6 is 11.6 Å². The number of carboxylic acid groups (broad SMARTS) is 1. The fraction of sp³-hybridized carbons (Fsp3) is 0.323. The Morgan fingerprint density at radius 2 is 1.62 bits per heavy atom. The molecule has 1 heterocycles. The summed E-state index contributed by atoms with van der Waals surface area (Å²) in [6.45, 7) is 2.40. The number of carbonyl (C=O) groups excluding carboxylic acids is 2. The molecule has 222 valence electrons. The SMILES string of the molecule is CCCC(c1ccc(C(=O)NCCC(=O)O)cc1)C(C(=O)N1Cc2ccc(OC(F)(F)F)cc2C1)c1ccc(Cl)cc1. The van der Waals surface area contributed by atoms with Gasteiger partial charge in [-0.1, -0.05) is 55.3 Å². The molecule has 7 nitrogen and oxygen atoms in total. The van der Waals surface area contributed by atoms with Gasteiger partial charge in [-0.25, -0.2) is 0 Å².